The van der Waals surface area contributed by atoms with Gasteiger partial charge in [-0.25, -0.2) is 0 Å². The highest BCUT2D eigenvalue weighted by Crippen LogP contribution is 2.49. The molecule has 0 amide bonds. The van der Waals surface area contributed by atoms with Crippen LogP contribution in [-0.2, 0) is 14.2 Å². The van der Waals surface area contributed by atoms with Gasteiger partial charge in [0.25, 0.3) is 0 Å². The van der Waals surface area contributed by atoms with Crippen molar-refractivity contribution in [3.05, 3.63) is 0 Å². The average molecular weight is 228 g/mol. The van der Waals surface area contributed by atoms with E-state index in [0.29, 0.717) is 5.92 Å². The van der Waals surface area contributed by atoms with Crippen molar-refractivity contribution in [3.8, 4) is 0 Å². The van der Waals surface area contributed by atoms with Gasteiger partial charge in [-0.3, -0.25) is 0 Å². The Morgan fingerprint density at radius 3 is 2.62 bits per heavy atom. The number of hydrogen-bond acceptors (Lipinski definition) is 3. The van der Waals surface area contributed by atoms with Crippen molar-refractivity contribution in [2.24, 2.45) is 5.92 Å². The molecule has 0 bridgehead atoms. The first-order valence-electron chi connectivity index (χ1n) is 6.55. The van der Waals surface area contributed by atoms with Gasteiger partial charge in [-0.05, 0) is 25.7 Å². The molecule has 1 heterocycles. The Labute approximate surface area is 98.4 Å². The predicted molar refractivity (Wildman–Crippen MR) is 62.5 cm³/mol. The highest BCUT2D eigenvalue weighted by atomic mass is 16.6. The lowest BCUT2D eigenvalue weighted by Gasteiger charge is -2.40. The second-order valence-electron chi connectivity index (χ2n) is 5.02. The topological polar surface area (TPSA) is 31.0 Å². The summed E-state index contributed by atoms with van der Waals surface area (Å²) in [6.45, 7) is 6.14. The van der Waals surface area contributed by atoms with E-state index in [4.69, 9.17) is 14.2 Å². The molecule has 3 nitrogen and oxygen atoms in total. The van der Waals surface area contributed by atoms with E-state index in [-0.39, 0.29) is 17.8 Å². The maximum Gasteiger partial charge on any atom is 0.0971 e. The summed E-state index contributed by atoms with van der Waals surface area (Å²) in [6, 6.07) is 0. The zero-order valence-corrected chi connectivity index (χ0v) is 10.7. The summed E-state index contributed by atoms with van der Waals surface area (Å²) in [5.74, 6) is 0.508. The van der Waals surface area contributed by atoms with Crippen LogP contribution in [0.15, 0.2) is 0 Å². The maximum absolute atomic E-state index is 5.91. The van der Waals surface area contributed by atoms with E-state index in [1.165, 1.54) is 0 Å². The molecular formula is C13H24O3. The van der Waals surface area contributed by atoms with Gasteiger partial charge in [-0.15, -0.1) is 0 Å². The highest BCUT2D eigenvalue weighted by Gasteiger charge is 2.57. The van der Waals surface area contributed by atoms with Gasteiger partial charge in [0.05, 0.1) is 24.4 Å². The summed E-state index contributed by atoms with van der Waals surface area (Å²) in [6.07, 6.45) is 4.89. The predicted octanol–water partition coefficient (Wildman–Crippen LogP) is 2.39. The van der Waals surface area contributed by atoms with Crippen molar-refractivity contribution >= 4 is 0 Å². The fourth-order valence-electron chi connectivity index (χ4n) is 3.11. The number of methoxy groups -OCH3 is 1. The summed E-state index contributed by atoms with van der Waals surface area (Å²) in [5, 5.41) is 0. The first-order chi connectivity index (χ1) is 7.77. The Morgan fingerprint density at radius 1 is 1.38 bits per heavy atom. The Hall–Kier alpha value is -0.120. The van der Waals surface area contributed by atoms with Gasteiger partial charge in [-0.1, -0.05) is 13.8 Å². The summed E-state index contributed by atoms with van der Waals surface area (Å²) < 4.78 is 17.3. The zero-order chi connectivity index (χ0) is 11.6. The van der Waals surface area contributed by atoms with Gasteiger partial charge < -0.3 is 14.2 Å². The molecular weight excluding hydrogens is 204 g/mol. The SMILES string of the molecule is CCCOC1CC[C@]2(CO2)C(CC)C1OC. The molecule has 0 aromatic carbocycles. The summed E-state index contributed by atoms with van der Waals surface area (Å²) in [4.78, 5) is 0. The molecule has 0 aromatic heterocycles. The van der Waals surface area contributed by atoms with Gasteiger partial charge in [0, 0.05) is 19.6 Å². The number of rotatable bonds is 5. The van der Waals surface area contributed by atoms with Gasteiger partial charge in [0.2, 0.25) is 0 Å². The van der Waals surface area contributed by atoms with Crippen molar-refractivity contribution in [2.45, 2.75) is 57.3 Å². The lowest BCUT2D eigenvalue weighted by molar-refractivity contribution is -0.123. The Bertz CT molecular complexity index is 225. The molecule has 2 fully saturated rings. The standard InChI is InChI=1S/C13H24O3/c1-4-8-15-11-6-7-13(9-16-13)10(5-2)12(11)14-3/h10-12H,4-9H2,1-3H3/t10?,11?,12?,13-/m0/s1. The molecule has 4 atom stereocenters. The van der Waals surface area contributed by atoms with Crippen LogP contribution < -0.4 is 0 Å². The first kappa shape index (κ1) is 12.3. The minimum Gasteiger partial charge on any atom is -0.378 e. The van der Waals surface area contributed by atoms with Crippen molar-refractivity contribution < 1.29 is 14.2 Å². The molecule has 2 rings (SSSR count). The van der Waals surface area contributed by atoms with Gasteiger partial charge in [0.1, 0.15) is 0 Å². The molecule has 94 valence electrons. The summed E-state index contributed by atoms with van der Waals surface area (Å²) >= 11 is 0. The summed E-state index contributed by atoms with van der Waals surface area (Å²) in [7, 11) is 1.80. The van der Waals surface area contributed by atoms with E-state index in [2.05, 4.69) is 13.8 Å². The van der Waals surface area contributed by atoms with Crippen molar-refractivity contribution in [1.29, 1.82) is 0 Å². The lowest BCUT2D eigenvalue weighted by atomic mass is 9.74. The van der Waals surface area contributed by atoms with E-state index < -0.39 is 0 Å². The highest BCUT2D eigenvalue weighted by molar-refractivity contribution is 5.06. The minimum absolute atomic E-state index is 0.140. The van der Waals surface area contributed by atoms with Crippen molar-refractivity contribution in [2.75, 3.05) is 20.3 Å². The smallest absolute Gasteiger partial charge is 0.0971 e. The molecule has 1 spiro atoms. The summed E-state index contributed by atoms with van der Waals surface area (Å²) in [5.41, 5.74) is 0.140. The van der Waals surface area contributed by atoms with E-state index in [1.54, 1.807) is 7.11 Å². The van der Waals surface area contributed by atoms with Crippen LogP contribution in [-0.4, -0.2) is 38.1 Å². The molecule has 1 aliphatic carbocycles. The molecule has 0 N–H and O–H groups in total. The second kappa shape index (κ2) is 5.03. The Balaban J connectivity index is 2.00. The van der Waals surface area contributed by atoms with Crippen LogP contribution in [0, 0.1) is 5.92 Å². The van der Waals surface area contributed by atoms with Crippen molar-refractivity contribution in [1.82, 2.24) is 0 Å². The van der Waals surface area contributed by atoms with Crippen LogP contribution in [0.25, 0.3) is 0 Å². The molecule has 1 saturated carbocycles. The third-order valence-electron chi connectivity index (χ3n) is 4.05. The molecule has 1 saturated heterocycles. The number of ether oxygens (including phenoxy) is 3. The minimum atomic E-state index is 0.140. The molecule has 3 heteroatoms. The fourth-order valence-corrected chi connectivity index (χ4v) is 3.11. The normalized spacial score (nSPS) is 42.6. The fraction of sp³-hybridized carbons (Fsp3) is 1.00. The number of hydrogen-bond donors (Lipinski definition) is 0. The number of epoxide rings is 1. The lowest BCUT2D eigenvalue weighted by Crippen LogP contribution is -2.49. The van der Waals surface area contributed by atoms with Gasteiger partial charge >= 0.3 is 0 Å². The quantitative estimate of drug-likeness (QED) is 0.677. The molecule has 2 aliphatic rings. The van der Waals surface area contributed by atoms with Crippen LogP contribution in [0.2, 0.25) is 0 Å². The van der Waals surface area contributed by atoms with Crippen LogP contribution in [0.4, 0.5) is 0 Å². The Kier molecular flexibility index (Phi) is 3.88. The second-order valence-corrected chi connectivity index (χ2v) is 5.02. The Morgan fingerprint density at radius 2 is 2.12 bits per heavy atom. The third-order valence-corrected chi connectivity index (χ3v) is 4.05. The molecule has 0 radical (unpaired) electrons. The molecule has 1 aliphatic heterocycles. The van der Waals surface area contributed by atoms with Gasteiger partial charge in [-0.2, -0.15) is 0 Å². The maximum atomic E-state index is 5.91. The largest absolute Gasteiger partial charge is 0.378 e. The van der Waals surface area contributed by atoms with Crippen LogP contribution in [0.1, 0.15) is 39.5 Å². The van der Waals surface area contributed by atoms with E-state index in [0.717, 1.165) is 38.9 Å². The van der Waals surface area contributed by atoms with Crippen molar-refractivity contribution in [3.63, 3.8) is 0 Å². The van der Waals surface area contributed by atoms with E-state index >= 15 is 0 Å². The van der Waals surface area contributed by atoms with Crippen LogP contribution in [0.5, 0.6) is 0 Å². The zero-order valence-electron chi connectivity index (χ0n) is 10.7. The molecule has 16 heavy (non-hydrogen) atoms. The molecule has 3 unspecified atom stereocenters. The van der Waals surface area contributed by atoms with E-state index in [1.807, 2.05) is 0 Å². The van der Waals surface area contributed by atoms with Crippen LogP contribution >= 0.6 is 0 Å². The van der Waals surface area contributed by atoms with Crippen LogP contribution in [0.3, 0.4) is 0 Å². The van der Waals surface area contributed by atoms with Gasteiger partial charge in [0.15, 0.2) is 0 Å². The average Bonchev–Trinajstić information content (AvgIpc) is 3.07. The molecule has 0 aromatic rings. The van der Waals surface area contributed by atoms with E-state index in [9.17, 15) is 0 Å². The third kappa shape index (κ3) is 2.13. The monoisotopic (exact) mass is 228 g/mol. The first-order valence-corrected chi connectivity index (χ1v) is 6.55.